The summed E-state index contributed by atoms with van der Waals surface area (Å²) in [5.41, 5.74) is 0.518. The van der Waals surface area contributed by atoms with Crippen LogP contribution in [0.5, 0.6) is 0 Å². The second-order valence-electron chi connectivity index (χ2n) is 11.3. The van der Waals surface area contributed by atoms with E-state index in [-0.39, 0.29) is 23.4 Å². The number of hydrogen-bond acceptors (Lipinski definition) is 3. The van der Waals surface area contributed by atoms with E-state index in [2.05, 4.69) is 41.0 Å². The average molecular weight is 528 g/mol. The molecule has 38 heavy (non-hydrogen) atoms. The molecule has 5 nitrogen and oxygen atoms in total. The van der Waals surface area contributed by atoms with Gasteiger partial charge in [0.25, 0.3) is 5.91 Å². The molecule has 8 heteroatoms. The highest BCUT2D eigenvalue weighted by Crippen LogP contribution is 2.46. The van der Waals surface area contributed by atoms with E-state index >= 15 is 0 Å². The van der Waals surface area contributed by atoms with Crippen molar-refractivity contribution >= 4 is 11.8 Å². The summed E-state index contributed by atoms with van der Waals surface area (Å²) in [6.45, 7) is 1.10. The maximum Gasteiger partial charge on any atom is 0.416 e. The number of carbonyl (C=O) groups is 2. The molecule has 0 radical (unpaired) electrons. The molecule has 2 saturated carbocycles. The Hall–Kier alpha value is -2.87. The van der Waals surface area contributed by atoms with Gasteiger partial charge in [-0.05, 0) is 74.6 Å². The molecule has 2 atom stereocenters. The summed E-state index contributed by atoms with van der Waals surface area (Å²) in [4.78, 5) is 27.2. The Morgan fingerprint density at radius 1 is 0.947 bits per heavy atom. The minimum absolute atomic E-state index is 0.0665. The Bertz CT molecular complexity index is 1130. The van der Waals surface area contributed by atoms with Gasteiger partial charge in [0.05, 0.1) is 12.1 Å². The Kier molecular flexibility index (Phi) is 7.80. The number of benzene rings is 2. The van der Waals surface area contributed by atoms with Crippen molar-refractivity contribution in [1.29, 1.82) is 0 Å². The van der Waals surface area contributed by atoms with Crippen LogP contribution in [0.2, 0.25) is 0 Å². The first-order valence-corrected chi connectivity index (χ1v) is 13.8. The molecule has 2 aliphatic carbocycles. The summed E-state index contributed by atoms with van der Waals surface area (Å²) in [5.74, 6) is -0.223. The van der Waals surface area contributed by atoms with Gasteiger partial charge in [-0.3, -0.25) is 9.59 Å². The molecular weight excluding hydrogens is 491 g/mol. The minimum Gasteiger partial charge on any atom is -0.343 e. The Morgan fingerprint density at radius 3 is 2.45 bits per heavy atom. The fourth-order valence-electron chi connectivity index (χ4n) is 6.81. The molecule has 0 bridgehead atoms. The minimum atomic E-state index is -4.52. The van der Waals surface area contributed by atoms with E-state index in [1.165, 1.54) is 30.5 Å². The van der Waals surface area contributed by atoms with Gasteiger partial charge in [0.2, 0.25) is 5.91 Å². The zero-order chi connectivity index (χ0) is 26.8. The predicted molar refractivity (Wildman–Crippen MR) is 140 cm³/mol. The molecule has 1 heterocycles. The smallest absolute Gasteiger partial charge is 0.343 e. The number of hydrogen-bond donors (Lipinski definition) is 2. The van der Waals surface area contributed by atoms with Crippen LogP contribution in [0.3, 0.4) is 0 Å². The lowest BCUT2D eigenvalue weighted by Crippen LogP contribution is -2.49. The highest BCUT2D eigenvalue weighted by atomic mass is 19.4. The van der Waals surface area contributed by atoms with E-state index in [9.17, 15) is 22.8 Å². The summed E-state index contributed by atoms with van der Waals surface area (Å²) in [7, 11) is 0. The van der Waals surface area contributed by atoms with Gasteiger partial charge in [-0.2, -0.15) is 13.2 Å². The molecule has 2 amide bonds. The molecule has 204 valence electrons. The molecule has 2 aromatic carbocycles. The van der Waals surface area contributed by atoms with Crippen molar-refractivity contribution in [2.24, 2.45) is 5.41 Å². The molecular formula is C30H36F3N3O2. The molecule has 3 fully saturated rings. The van der Waals surface area contributed by atoms with Gasteiger partial charge in [0.1, 0.15) is 0 Å². The normalized spacial score (nSPS) is 27.6. The van der Waals surface area contributed by atoms with Gasteiger partial charge in [-0.1, -0.05) is 42.8 Å². The molecule has 1 spiro atoms. The molecule has 1 aliphatic heterocycles. The quantitative estimate of drug-likeness (QED) is 0.520. The lowest BCUT2D eigenvalue weighted by atomic mass is 9.78. The highest BCUT2D eigenvalue weighted by molar-refractivity contribution is 5.96. The number of nitrogens with one attached hydrogen (secondary N) is 2. The third-order valence-corrected chi connectivity index (χ3v) is 8.93. The SMILES string of the molecule is O=C(NCC(=O)N1CC[C@]2(CCC[C@@H]2NC2CCC(c3ccccc3)CC2)C1)c1cccc(C(F)(F)F)c1. The molecule has 3 aliphatic rings. The fourth-order valence-corrected chi connectivity index (χ4v) is 6.81. The van der Waals surface area contributed by atoms with Crippen molar-refractivity contribution in [1.82, 2.24) is 15.5 Å². The zero-order valence-electron chi connectivity index (χ0n) is 21.6. The van der Waals surface area contributed by atoms with Crippen LogP contribution < -0.4 is 10.6 Å². The molecule has 2 aromatic rings. The third kappa shape index (κ3) is 5.90. The second-order valence-corrected chi connectivity index (χ2v) is 11.3. The summed E-state index contributed by atoms with van der Waals surface area (Å²) in [6, 6.07) is 15.9. The first-order valence-electron chi connectivity index (χ1n) is 13.8. The van der Waals surface area contributed by atoms with Crippen LogP contribution in [-0.4, -0.2) is 48.4 Å². The number of alkyl halides is 3. The van der Waals surface area contributed by atoms with Gasteiger partial charge < -0.3 is 15.5 Å². The van der Waals surface area contributed by atoms with Crippen LogP contribution in [0.1, 0.15) is 78.8 Å². The number of likely N-dealkylation sites (tertiary alicyclic amines) is 1. The topological polar surface area (TPSA) is 61.4 Å². The van der Waals surface area contributed by atoms with E-state index < -0.39 is 17.6 Å². The summed E-state index contributed by atoms with van der Waals surface area (Å²) in [5, 5.41) is 6.49. The number of amides is 2. The molecule has 2 N–H and O–H groups in total. The van der Waals surface area contributed by atoms with Gasteiger partial charge in [-0.15, -0.1) is 0 Å². The fraction of sp³-hybridized carbons (Fsp3) is 0.533. The van der Waals surface area contributed by atoms with E-state index in [0.29, 0.717) is 31.1 Å². The maximum atomic E-state index is 13.0. The lowest BCUT2D eigenvalue weighted by Gasteiger charge is -2.37. The largest absolute Gasteiger partial charge is 0.416 e. The van der Waals surface area contributed by atoms with Crippen molar-refractivity contribution in [2.75, 3.05) is 19.6 Å². The van der Waals surface area contributed by atoms with Crippen molar-refractivity contribution in [3.05, 3.63) is 71.3 Å². The van der Waals surface area contributed by atoms with Gasteiger partial charge in [0, 0.05) is 36.2 Å². The average Bonchev–Trinajstić information content (AvgIpc) is 3.54. The van der Waals surface area contributed by atoms with Crippen molar-refractivity contribution in [2.45, 2.75) is 75.5 Å². The van der Waals surface area contributed by atoms with E-state index in [1.54, 1.807) is 0 Å². The zero-order valence-corrected chi connectivity index (χ0v) is 21.6. The number of rotatable bonds is 6. The first-order chi connectivity index (χ1) is 18.2. The standard InChI is InChI=1S/C30H36F3N3O2/c31-30(32,33)24-9-4-8-23(18-24)28(38)34-19-27(37)36-17-16-29(20-36)15-5-10-26(29)35-25-13-11-22(12-14-25)21-6-2-1-3-7-21/h1-4,6-9,18,22,25-26,35H,5,10-17,19-20H2,(H,34,38)/t22?,25?,26-,29+/m0/s1. The van der Waals surface area contributed by atoms with Gasteiger partial charge >= 0.3 is 6.18 Å². The van der Waals surface area contributed by atoms with Crippen molar-refractivity contribution < 1.29 is 22.8 Å². The predicted octanol–water partition coefficient (Wildman–Crippen LogP) is 5.52. The second kappa shape index (κ2) is 11.1. The molecule has 0 unspecified atom stereocenters. The summed E-state index contributed by atoms with van der Waals surface area (Å²) < 4.78 is 38.9. The van der Waals surface area contributed by atoms with Crippen LogP contribution in [0, 0.1) is 5.41 Å². The maximum absolute atomic E-state index is 13.0. The molecule has 0 aromatic heterocycles. The molecule has 1 saturated heterocycles. The van der Waals surface area contributed by atoms with Crippen LogP contribution in [0.4, 0.5) is 13.2 Å². The van der Waals surface area contributed by atoms with Crippen molar-refractivity contribution in [3.63, 3.8) is 0 Å². The monoisotopic (exact) mass is 527 g/mol. The Balaban J connectivity index is 1.11. The van der Waals surface area contributed by atoms with E-state index in [1.807, 2.05) is 4.90 Å². The Morgan fingerprint density at radius 2 is 1.71 bits per heavy atom. The molecule has 5 rings (SSSR count). The lowest BCUT2D eigenvalue weighted by molar-refractivity contribution is -0.137. The van der Waals surface area contributed by atoms with E-state index in [0.717, 1.165) is 50.7 Å². The van der Waals surface area contributed by atoms with Crippen LogP contribution in [-0.2, 0) is 11.0 Å². The number of halogens is 3. The number of nitrogens with zero attached hydrogens (tertiary/aromatic N) is 1. The summed E-state index contributed by atoms with van der Waals surface area (Å²) in [6.07, 6.45) is 4.48. The third-order valence-electron chi connectivity index (χ3n) is 8.93. The number of carbonyl (C=O) groups excluding carboxylic acids is 2. The van der Waals surface area contributed by atoms with Gasteiger partial charge in [0.15, 0.2) is 0 Å². The van der Waals surface area contributed by atoms with Crippen LogP contribution in [0.15, 0.2) is 54.6 Å². The van der Waals surface area contributed by atoms with Crippen molar-refractivity contribution in [3.8, 4) is 0 Å². The van der Waals surface area contributed by atoms with E-state index in [4.69, 9.17) is 0 Å². The summed E-state index contributed by atoms with van der Waals surface area (Å²) >= 11 is 0. The highest BCUT2D eigenvalue weighted by Gasteiger charge is 2.49. The van der Waals surface area contributed by atoms with Crippen LogP contribution >= 0.6 is 0 Å². The first kappa shape index (κ1) is 26.7. The van der Waals surface area contributed by atoms with Crippen LogP contribution in [0.25, 0.3) is 0 Å². The van der Waals surface area contributed by atoms with Gasteiger partial charge in [-0.25, -0.2) is 0 Å². The Labute approximate surface area is 222 Å².